The van der Waals surface area contributed by atoms with Crippen LogP contribution >= 0.6 is 0 Å². The first-order valence-corrected chi connectivity index (χ1v) is 9.80. The van der Waals surface area contributed by atoms with Crippen LogP contribution in [0.1, 0.15) is 35.2 Å². The van der Waals surface area contributed by atoms with E-state index in [4.69, 9.17) is 9.84 Å². The summed E-state index contributed by atoms with van der Waals surface area (Å²) in [6, 6.07) is 1.98. The molecule has 5 rings (SSSR count). The second-order valence-corrected chi connectivity index (χ2v) is 8.06. The Morgan fingerprint density at radius 3 is 2.86 bits per heavy atom. The molecule has 4 heterocycles. The van der Waals surface area contributed by atoms with Crippen LogP contribution in [0.2, 0.25) is 0 Å². The van der Waals surface area contributed by atoms with E-state index >= 15 is 0 Å². The first kappa shape index (κ1) is 18.2. The molecule has 3 aromatic heterocycles. The van der Waals surface area contributed by atoms with Gasteiger partial charge >= 0.3 is 0 Å². The fourth-order valence-corrected chi connectivity index (χ4v) is 4.14. The summed E-state index contributed by atoms with van der Waals surface area (Å²) in [5, 5.41) is 12.8. The Balaban J connectivity index is 1.34. The van der Waals surface area contributed by atoms with E-state index in [0.717, 1.165) is 46.8 Å². The molecule has 2 aliphatic rings. The molecule has 0 saturated heterocycles. The third-order valence-corrected chi connectivity index (χ3v) is 5.94. The van der Waals surface area contributed by atoms with Crippen LogP contribution < -0.4 is 9.64 Å². The van der Waals surface area contributed by atoms with Crippen molar-refractivity contribution in [2.45, 2.75) is 45.6 Å². The van der Waals surface area contributed by atoms with Gasteiger partial charge in [-0.1, -0.05) is 0 Å². The second kappa shape index (κ2) is 6.60. The molecule has 152 valence electrons. The van der Waals surface area contributed by atoms with E-state index in [0.29, 0.717) is 18.9 Å². The van der Waals surface area contributed by atoms with Crippen molar-refractivity contribution in [3.8, 4) is 5.75 Å². The number of pyridine rings is 1. The lowest BCUT2D eigenvalue weighted by Crippen LogP contribution is -2.38. The fraction of sp³-hybridized carbons (Fsp3) is 0.500. The molecular weight excluding hydrogens is 378 g/mol. The molecule has 0 atom stereocenters. The average molecular weight is 400 g/mol. The molecule has 0 radical (unpaired) electrons. The number of halogens is 2. The molecular formula is C20H22F2N6O. The van der Waals surface area contributed by atoms with Crippen molar-refractivity contribution >= 4 is 11.5 Å². The highest BCUT2D eigenvalue weighted by Crippen LogP contribution is 2.42. The first-order chi connectivity index (χ1) is 13.9. The Bertz CT molecular complexity index is 1070. The van der Waals surface area contributed by atoms with E-state index in [-0.39, 0.29) is 18.8 Å². The SMILES string of the molecule is Cc1c(N2CCc3ncc(OCC4CC(F)(F)C4)cc3C2)nn2cnnc2c1C. The van der Waals surface area contributed by atoms with Gasteiger partial charge in [-0.3, -0.25) is 4.98 Å². The summed E-state index contributed by atoms with van der Waals surface area (Å²) in [6.45, 7) is 5.87. The number of aromatic nitrogens is 5. The van der Waals surface area contributed by atoms with E-state index in [2.05, 4.69) is 20.1 Å². The van der Waals surface area contributed by atoms with E-state index in [9.17, 15) is 8.78 Å². The van der Waals surface area contributed by atoms with Crippen LogP contribution in [-0.2, 0) is 13.0 Å². The smallest absolute Gasteiger partial charge is 0.248 e. The normalized spacial score (nSPS) is 18.6. The molecule has 7 nitrogen and oxygen atoms in total. The summed E-state index contributed by atoms with van der Waals surface area (Å²) >= 11 is 0. The van der Waals surface area contributed by atoms with Crippen molar-refractivity contribution in [2.75, 3.05) is 18.1 Å². The number of alkyl halides is 2. The molecule has 0 N–H and O–H groups in total. The Morgan fingerprint density at radius 1 is 1.24 bits per heavy atom. The summed E-state index contributed by atoms with van der Waals surface area (Å²) in [4.78, 5) is 6.76. The fourth-order valence-electron chi connectivity index (χ4n) is 4.14. The molecule has 0 bridgehead atoms. The molecule has 0 unspecified atom stereocenters. The zero-order chi connectivity index (χ0) is 20.2. The van der Waals surface area contributed by atoms with Gasteiger partial charge in [0.1, 0.15) is 12.1 Å². The van der Waals surface area contributed by atoms with E-state index in [1.165, 1.54) is 0 Å². The number of nitrogens with zero attached hydrogens (tertiary/aromatic N) is 6. The summed E-state index contributed by atoms with van der Waals surface area (Å²) in [5.41, 5.74) is 5.03. The van der Waals surface area contributed by atoms with E-state index in [1.807, 2.05) is 19.9 Å². The molecule has 0 amide bonds. The Kier molecular flexibility index (Phi) is 4.15. The summed E-state index contributed by atoms with van der Waals surface area (Å²) < 4.78 is 33.4. The number of hydrogen-bond donors (Lipinski definition) is 0. The van der Waals surface area contributed by atoms with E-state index in [1.54, 1.807) is 17.0 Å². The van der Waals surface area contributed by atoms with Gasteiger partial charge in [0, 0.05) is 55.1 Å². The molecule has 1 saturated carbocycles. The minimum Gasteiger partial charge on any atom is -0.492 e. The van der Waals surface area contributed by atoms with Crippen molar-refractivity contribution < 1.29 is 13.5 Å². The molecule has 1 aliphatic carbocycles. The van der Waals surface area contributed by atoms with Crippen molar-refractivity contribution in [1.29, 1.82) is 0 Å². The number of ether oxygens (including phenoxy) is 1. The lowest BCUT2D eigenvalue weighted by molar-refractivity contribution is -0.119. The van der Waals surface area contributed by atoms with Gasteiger partial charge in [0.25, 0.3) is 0 Å². The average Bonchev–Trinajstić information content (AvgIpc) is 3.15. The predicted octanol–water partition coefficient (Wildman–Crippen LogP) is 3.12. The highest BCUT2D eigenvalue weighted by Gasteiger charge is 2.45. The topological polar surface area (TPSA) is 68.4 Å². The maximum Gasteiger partial charge on any atom is 0.248 e. The molecule has 0 aromatic carbocycles. The number of hydrogen-bond acceptors (Lipinski definition) is 6. The van der Waals surface area contributed by atoms with Gasteiger partial charge < -0.3 is 9.64 Å². The van der Waals surface area contributed by atoms with Crippen molar-refractivity contribution in [3.63, 3.8) is 0 Å². The predicted molar refractivity (Wildman–Crippen MR) is 102 cm³/mol. The highest BCUT2D eigenvalue weighted by atomic mass is 19.3. The van der Waals surface area contributed by atoms with Crippen molar-refractivity contribution in [3.05, 3.63) is 41.0 Å². The van der Waals surface area contributed by atoms with Crippen LogP contribution in [0.5, 0.6) is 5.75 Å². The van der Waals surface area contributed by atoms with Crippen LogP contribution in [0.25, 0.3) is 5.65 Å². The maximum atomic E-state index is 13.0. The number of anilines is 1. The number of fused-ring (bicyclic) bond motifs is 2. The summed E-state index contributed by atoms with van der Waals surface area (Å²) in [7, 11) is 0. The van der Waals surface area contributed by atoms with Gasteiger partial charge in [0.2, 0.25) is 5.92 Å². The van der Waals surface area contributed by atoms with Crippen LogP contribution in [0, 0.1) is 19.8 Å². The second-order valence-electron chi connectivity index (χ2n) is 8.06. The Labute approximate surface area is 166 Å². The number of rotatable bonds is 4. The van der Waals surface area contributed by atoms with Gasteiger partial charge in [-0.2, -0.15) is 4.52 Å². The largest absolute Gasteiger partial charge is 0.492 e. The molecule has 3 aromatic rings. The van der Waals surface area contributed by atoms with Gasteiger partial charge in [0.05, 0.1) is 12.8 Å². The first-order valence-electron chi connectivity index (χ1n) is 9.80. The lowest BCUT2D eigenvalue weighted by Gasteiger charge is -2.34. The van der Waals surface area contributed by atoms with Gasteiger partial charge in [-0.15, -0.1) is 15.3 Å². The van der Waals surface area contributed by atoms with Gasteiger partial charge in [0.15, 0.2) is 11.5 Å². The van der Waals surface area contributed by atoms with Crippen LogP contribution in [0.3, 0.4) is 0 Å². The van der Waals surface area contributed by atoms with E-state index < -0.39 is 5.92 Å². The van der Waals surface area contributed by atoms with Gasteiger partial charge in [-0.25, -0.2) is 8.78 Å². The number of aryl methyl sites for hydroxylation is 1. The minimum absolute atomic E-state index is 0.0807. The molecule has 1 aliphatic heterocycles. The van der Waals surface area contributed by atoms with Crippen molar-refractivity contribution in [2.24, 2.45) is 5.92 Å². The lowest BCUT2D eigenvalue weighted by atomic mass is 9.82. The maximum absolute atomic E-state index is 13.0. The molecule has 29 heavy (non-hydrogen) atoms. The van der Waals surface area contributed by atoms with Gasteiger partial charge in [-0.05, 0) is 25.5 Å². The Hall–Kier alpha value is -2.84. The summed E-state index contributed by atoms with van der Waals surface area (Å²) in [5.74, 6) is -1.06. The summed E-state index contributed by atoms with van der Waals surface area (Å²) in [6.07, 6.45) is 3.94. The minimum atomic E-state index is -2.52. The van der Waals surface area contributed by atoms with Crippen LogP contribution in [0.4, 0.5) is 14.6 Å². The van der Waals surface area contributed by atoms with Crippen LogP contribution in [-0.4, -0.2) is 43.9 Å². The quantitative estimate of drug-likeness (QED) is 0.670. The zero-order valence-electron chi connectivity index (χ0n) is 16.4. The monoisotopic (exact) mass is 400 g/mol. The molecule has 1 fully saturated rings. The molecule has 0 spiro atoms. The van der Waals surface area contributed by atoms with Crippen molar-refractivity contribution in [1.82, 2.24) is 24.8 Å². The van der Waals surface area contributed by atoms with Crippen LogP contribution in [0.15, 0.2) is 18.6 Å². The Morgan fingerprint density at radius 2 is 2.07 bits per heavy atom. The zero-order valence-corrected chi connectivity index (χ0v) is 16.4. The highest BCUT2D eigenvalue weighted by molar-refractivity contribution is 5.59. The standard InChI is InChI=1S/C20H22F2N6O/c1-12-13(2)19(26-28-11-24-25-18(12)28)27-4-3-17-15(9-27)5-16(8-23-17)29-10-14-6-20(21,22)7-14/h5,8,11,14H,3-4,6-7,9-10H2,1-2H3. The third-order valence-electron chi connectivity index (χ3n) is 5.94. The molecule has 9 heteroatoms. The third kappa shape index (κ3) is 3.28.